The molecule has 136 valence electrons. The van der Waals surface area contributed by atoms with Gasteiger partial charge in [0.15, 0.2) is 6.61 Å². The number of hydrogen-bond acceptors (Lipinski definition) is 7. The molecule has 0 radical (unpaired) electrons. The van der Waals surface area contributed by atoms with Crippen LogP contribution in [-0.4, -0.2) is 58.2 Å². The minimum Gasteiger partial charge on any atom is -0.497 e. The average molecular weight is 353 g/mol. The predicted octanol–water partition coefficient (Wildman–Crippen LogP) is -0.568. The van der Waals surface area contributed by atoms with E-state index in [1.807, 2.05) is 5.32 Å². The van der Waals surface area contributed by atoms with Crippen LogP contribution in [0.2, 0.25) is 0 Å². The number of nitrogens with one attached hydrogen (secondary N) is 3. The Morgan fingerprint density at radius 3 is 2.12 bits per heavy atom. The van der Waals surface area contributed by atoms with Gasteiger partial charge in [0.05, 0.1) is 14.2 Å². The Morgan fingerprint density at radius 2 is 1.60 bits per heavy atom. The molecule has 0 heterocycles. The number of methoxy groups -OCH3 is 2. The van der Waals surface area contributed by atoms with E-state index in [4.69, 9.17) is 9.47 Å². The van der Waals surface area contributed by atoms with Gasteiger partial charge >= 0.3 is 12.0 Å². The van der Waals surface area contributed by atoms with Gasteiger partial charge in [0.25, 0.3) is 11.8 Å². The van der Waals surface area contributed by atoms with Crippen LogP contribution in [0.15, 0.2) is 18.2 Å². The molecule has 0 fully saturated rings. The molecule has 0 unspecified atom stereocenters. The third-order valence-electron chi connectivity index (χ3n) is 2.85. The molecule has 10 heteroatoms. The predicted molar refractivity (Wildman–Crippen MR) is 85.4 cm³/mol. The second-order valence-electron chi connectivity index (χ2n) is 4.57. The number of urea groups is 1. The molecule has 0 spiro atoms. The lowest BCUT2D eigenvalue weighted by molar-refractivity contribution is -0.147. The fourth-order valence-corrected chi connectivity index (χ4v) is 1.62. The zero-order valence-electron chi connectivity index (χ0n) is 14.0. The van der Waals surface area contributed by atoms with Crippen LogP contribution in [0.5, 0.6) is 11.5 Å². The molecular weight excluding hydrogens is 334 g/mol. The summed E-state index contributed by atoms with van der Waals surface area (Å²) >= 11 is 0. The van der Waals surface area contributed by atoms with Crippen molar-refractivity contribution < 1.29 is 33.4 Å². The lowest BCUT2D eigenvalue weighted by atomic mass is 10.2. The molecule has 10 nitrogen and oxygen atoms in total. The summed E-state index contributed by atoms with van der Waals surface area (Å²) in [5, 5.41) is 6.43. The van der Waals surface area contributed by atoms with E-state index in [2.05, 4.69) is 15.4 Å². The lowest BCUT2D eigenvalue weighted by Gasteiger charge is -2.09. The van der Waals surface area contributed by atoms with Crippen LogP contribution in [0.3, 0.4) is 0 Å². The molecule has 1 aromatic rings. The first-order valence-corrected chi connectivity index (χ1v) is 7.08. The molecule has 0 saturated heterocycles. The minimum absolute atomic E-state index is 0.223. The maximum Gasteiger partial charge on any atom is 0.325 e. The highest BCUT2D eigenvalue weighted by molar-refractivity contribution is 5.97. The number of amides is 4. The van der Waals surface area contributed by atoms with Crippen molar-refractivity contribution in [1.82, 2.24) is 16.0 Å². The summed E-state index contributed by atoms with van der Waals surface area (Å²) in [6.45, 7) is -1.10. The number of hydrogen-bond donors (Lipinski definition) is 3. The van der Waals surface area contributed by atoms with Gasteiger partial charge in [-0.3, -0.25) is 19.7 Å². The molecule has 1 rings (SSSR count). The first kappa shape index (κ1) is 19.7. The zero-order chi connectivity index (χ0) is 18.8. The van der Waals surface area contributed by atoms with Gasteiger partial charge in [0.1, 0.15) is 18.0 Å². The number of ether oxygens (including phenoxy) is 3. The summed E-state index contributed by atoms with van der Waals surface area (Å²) < 4.78 is 14.7. The van der Waals surface area contributed by atoms with Gasteiger partial charge in [-0.1, -0.05) is 0 Å². The Bertz CT molecular complexity index is 638. The Kier molecular flexibility index (Phi) is 7.70. The van der Waals surface area contributed by atoms with Gasteiger partial charge in [-0.15, -0.1) is 0 Å². The normalized spacial score (nSPS) is 9.56. The molecule has 1 aromatic carbocycles. The molecule has 0 aliphatic heterocycles. The Morgan fingerprint density at radius 1 is 1.00 bits per heavy atom. The first-order chi connectivity index (χ1) is 11.9. The van der Waals surface area contributed by atoms with Crippen molar-refractivity contribution in [2.24, 2.45) is 0 Å². The molecule has 0 aliphatic carbocycles. The number of carbonyl (C=O) groups excluding carboxylic acids is 4. The van der Waals surface area contributed by atoms with E-state index < -0.39 is 37.0 Å². The number of benzene rings is 1. The van der Waals surface area contributed by atoms with Crippen molar-refractivity contribution in [2.45, 2.75) is 0 Å². The number of carbonyl (C=O) groups is 4. The summed E-state index contributed by atoms with van der Waals surface area (Å²) in [5.74, 6) is -1.35. The Labute approximate surface area is 143 Å². The van der Waals surface area contributed by atoms with Gasteiger partial charge in [-0.05, 0) is 12.1 Å². The second kappa shape index (κ2) is 9.75. The van der Waals surface area contributed by atoms with Crippen molar-refractivity contribution >= 4 is 23.8 Å². The summed E-state index contributed by atoms with van der Waals surface area (Å²) in [6, 6.07) is 3.82. The van der Waals surface area contributed by atoms with E-state index in [9.17, 15) is 19.2 Å². The number of rotatable bonds is 7. The van der Waals surface area contributed by atoms with Crippen molar-refractivity contribution in [3.63, 3.8) is 0 Å². The molecule has 0 aliphatic rings. The van der Waals surface area contributed by atoms with Crippen LogP contribution >= 0.6 is 0 Å². The van der Waals surface area contributed by atoms with Crippen molar-refractivity contribution in [2.75, 3.05) is 34.4 Å². The standard InChI is InChI=1S/C15H19N3O7/c1-16-15(22)18-12(19)8-25-13(20)7-17-14(21)9-4-10(23-2)6-11(5-9)24-3/h4-6H,7-8H2,1-3H3,(H,17,21)(H2,16,18,19,22). The third kappa shape index (κ3) is 6.77. The second-order valence-corrected chi connectivity index (χ2v) is 4.57. The summed E-state index contributed by atoms with van der Waals surface area (Å²) in [7, 11) is 4.22. The number of imide groups is 1. The molecule has 0 atom stereocenters. The van der Waals surface area contributed by atoms with Gasteiger partial charge in [0.2, 0.25) is 0 Å². The molecular formula is C15H19N3O7. The van der Waals surface area contributed by atoms with Crippen LogP contribution in [0, 0.1) is 0 Å². The topological polar surface area (TPSA) is 132 Å². The van der Waals surface area contributed by atoms with E-state index in [1.54, 1.807) is 6.07 Å². The van der Waals surface area contributed by atoms with Crippen LogP contribution < -0.4 is 25.4 Å². The van der Waals surface area contributed by atoms with E-state index in [-0.39, 0.29) is 5.56 Å². The monoisotopic (exact) mass is 353 g/mol. The highest BCUT2D eigenvalue weighted by Crippen LogP contribution is 2.22. The van der Waals surface area contributed by atoms with Crippen LogP contribution in [0.1, 0.15) is 10.4 Å². The Balaban J connectivity index is 2.49. The van der Waals surface area contributed by atoms with Crippen LogP contribution in [-0.2, 0) is 14.3 Å². The largest absolute Gasteiger partial charge is 0.497 e. The van der Waals surface area contributed by atoms with Crippen molar-refractivity contribution in [3.8, 4) is 11.5 Å². The summed E-state index contributed by atoms with van der Waals surface area (Å²) in [4.78, 5) is 45.7. The fourth-order valence-electron chi connectivity index (χ4n) is 1.62. The molecule has 25 heavy (non-hydrogen) atoms. The highest BCUT2D eigenvalue weighted by Gasteiger charge is 2.13. The molecule has 0 saturated carbocycles. The lowest BCUT2D eigenvalue weighted by Crippen LogP contribution is -2.40. The summed E-state index contributed by atoms with van der Waals surface area (Å²) in [5.41, 5.74) is 0.223. The van der Waals surface area contributed by atoms with E-state index in [0.717, 1.165) is 0 Å². The first-order valence-electron chi connectivity index (χ1n) is 7.08. The van der Waals surface area contributed by atoms with Gasteiger partial charge in [0, 0.05) is 18.7 Å². The average Bonchev–Trinajstić information content (AvgIpc) is 2.63. The quantitative estimate of drug-likeness (QED) is 0.559. The van der Waals surface area contributed by atoms with Gasteiger partial charge < -0.3 is 24.8 Å². The van der Waals surface area contributed by atoms with Crippen LogP contribution in [0.4, 0.5) is 4.79 Å². The fraction of sp³-hybridized carbons (Fsp3) is 0.333. The van der Waals surface area contributed by atoms with Gasteiger partial charge in [-0.25, -0.2) is 4.79 Å². The van der Waals surface area contributed by atoms with E-state index in [0.29, 0.717) is 11.5 Å². The van der Waals surface area contributed by atoms with Crippen LogP contribution in [0.25, 0.3) is 0 Å². The molecule has 0 aromatic heterocycles. The van der Waals surface area contributed by atoms with E-state index in [1.165, 1.54) is 33.4 Å². The summed E-state index contributed by atoms with van der Waals surface area (Å²) in [6.07, 6.45) is 0. The molecule has 0 bridgehead atoms. The van der Waals surface area contributed by atoms with E-state index >= 15 is 0 Å². The van der Waals surface area contributed by atoms with Crippen molar-refractivity contribution in [3.05, 3.63) is 23.8 Å². The third-order valence-corrected chi connectivity index (χ3v) is 2.85. The SMILES string of the molecule is CNC(=O)NC(=O)COC(=O)CNC(=O)c1cc(OC)cc(OC)c1. The maximum atomic E-state index is 12.0. The maximum absolute atomic E-state index is 12.0. The highest BCUT2D eigenvalue weighted by atomic mass is 16.5. The van der Waals surface area contributed by atoms with Crippen molar-refractivity contribution in [1.29, 1.82) is 0 Å². The molecule has 4 amide bonds. The van der Waals surface area contributed by atoms with Gasteiger partial charge in [-0.2, -0.15) is 0 Å². The number of esters is 1. The Hall–Kier alpha value is -3.30. The zero-order valence-corrected chi connectivity index (χ0v) is 14.0. The molecule has 3 N–H and O–H groups in total. The minimum atomic E-state index is -0.838. The smallest absolute Gasteiger partial charge is 0.325 e.